The summed E-state index contributed by atoms with van der Waals surface area (Å²) in [5, 5.41) is 10.6. The number of anilines is 1. The van der Waals surface area contributed by atoms with Gasteiger partial charge in [-0.2, -0.15) is 4.98 Å². The smallest absolute Gasteiger partial charge is 0.256 e. The molecule has 1 unspecified atom stereocenters. The van der Waals surface area contributed by atoms with Crippen LogP contribution in [0.4, 0.5) is 14.7 Å². The topological polar surface area (TPSA) is 101 Å². The van der Waals surface area contributed by atoms with Crippen molar-refractivity contribution in [3.63, 3.8) is 0 Å². The number of carbonyl (C=O) groups is 1. The Kier molecular flexibility index (Phi) is 7.68. The molecule has 8 nitrogen and oxygen atoms in total. The highest BCUT2D eigenvalue weighted by Gasteiger charge is 2.38. The van der Waals surface area contributed by atoms with Gasteiger partial charge < -0.3 is 16.0 Å². The molecule has 2 aliphatic carbocycles. The van der Waals surface area contributed by atoms with Crippen LogP contribution < -0.4 is 21.5 Å². The zero-order valence-electron chi connectivity index (χ0n) is 25.9. The molecule has 1 amide bonds. The second kappa shape index (κ2) is 11.2. The van der Waals surface area contributed by atoms with Crippen LogP contribution >= 0.6 is 0 Å². The number of piperidine rings is 1. The largest absolute Gasteiger partial charge is 0.352 e. The van der Waals surface area contributed by atoms with Crippen molar-refractivity contribution in [2.24, 2.45) is 5.92 Å². The van der Waals surface area contributed by atoms with Crippen molar-refractivity contribution in [1.82, 2.24) is 25.2 Å². The Hall–Kier alpha value is -3.92. The Morgan fingerprint density at radius 2 is 1.82 bits per heavy atom. The van der Waals surface area contributed by atoms with E-state index >= 15 is 8.78 Å². The summed E-state index contributed by atoms with van der Waals surface area (Å²) in [6, 6.07) is 8.29. The highest BCUT2D eigenvalue weighted by molar-refractivity contribution is 5.98. The van der Waals surface area contributed by atoms with E-state index in [1.807, 2.05) is 13.0 Å². The number of benzene rings is 1. The average molecular weight is 603 g/mol. The molecule has 1 saturated heterocycles. The summed E-state index contributed by atoms with van der Waals surface area (Å²) in [5.41, 5.74) is 1.29. The van der Waals surface area contributed by atoms with Gasteiger partial charge in [0, 0.05) is 52.7 Å². The number of hydrogen-bond donors (Lipinski definition) is 3. The van der Waals surface area contributed by atoms with E-state index in [0.29, 0.717) is 34.7 Å². The molecule has 1 aromatic carbocycles. The highest BCUT2D eigenvalue weighted by Crippen LogP contribution is 2.35. The van der Waals surface area contributed by atoms with Crippen LogP contribution in [-0.4, -0.2) is 50.3 Å². The number of pyridine rings is 1. The van der Waals surface area contributed by atoms with Crippen molar-refractivity contribution in [3.8, 4) is 11.3 Å². The Morgan fingerprint density at radius 3 is 2.50 bits per heavy atom. The van der Waals surface area contributed by atoms with E-state index in [0.717, 1.165) is 35.8 Å². The molecule has 232 valence electrons. The first-order valence-corrected chi connectivity index (χ1v) is 15.4. The van der Waals surface area contributed by atoms with Gasteiger partial charge in [0.25, 0.3) is 11.5 Å². The summed E-state index contributed by atoms with van der Waals surface area (Å²) in [6.07, 6.45) is 4.64. The third-order valence-corrected chi connectivity index (χ3v) is 8.67. The molecule has 10 heteroatoms. The summed E-state index contributed by atoms with van der Waals surface area (Å²) >= 11 is 0. The van der Waals surface area contributed by atoms with Gasteiger partial charge in [0.2, 0.25) is 5.95 Å². The summed E-state index contributed by atoms with van der Waals surface area (Å²) in [5.74, 6) is -0.211. The Balaban J connectivity index is 1.53. The van der Waals surface area contributed by atoms with Crippen LogP contribution in [0.15, 0.2) is 53.1 Å². The summed E-state index contributed by atoms with van der Waals surface area (Å²) < 4.78 is 31.5. The van der Waals surface area contributed by atoms with E-state index in [-0.39, 0.29) is 46.7 Å². The van der Waals surface area contributed by atoms with Crippen molar-refractivity contribution < 1.29 is 13.6 Å². The van der Waals surface area contributed by atoms with Crippen LogP contribution in [-0.2, 0) is 0 Å². The number of carbonyl (C=O) groups excluding carboxylic acids is 1. The van der Waals surface area contributed by atoms with Crippen molar-refractivity contribution in [2.75, 3.05) is 11.9 Å². The fourth-order valence-electron chi connectivity index (χ4n) is 6.79. The normalized spacial score (nSPS) is 21.5. The number of rotatable bonds is 7. The molecule has 3 aromatic rings. The molecule has 0 radical (unpaired) electrons. The molecule has 2 aromatic heterocycles. The molecule has 0 spiro atoms. The van der Waals surface area contributed by atoms with Gasteiger partial charge in [-0.1, -0.05) is 12.1 Å². The Bertz CT molecular complexity index is 1740. The minimum absolute atomic E-state index is 0.0152. The molecule has 3 aliphatic rings. The zero-order chi connectivity index (χ0) is 31.4. The molecule has 1 atom stereocenters. The summed E-state index contributed by atoms with van der Waals surface area (Å²) in [7, 11) is 0. The van der Waals surface area contributed by atoms with E-state index in [1.54, 1.807) is 18.2 Å². The second-order valence-electron chi connectivity index (χ2n) is 13.8. The third kappa shape index (κ3) is 6.18. The van der Waals surface area contributed by atoms with Gasteiger partial charge in [0.15, 0.2) is 5.65 Å². The quantitative estimate of drug-likeness (QED) is 0.304. The minimum atomic E-state index is -1.72. The fourth-order valence-corrected chi connectivity index (χ4v) is 6.79. The number of alkyl halides is 1. The Morgan fingerprint density at radius 1 is 1.09 bits per heavy atom. The van der Waals surface area contributed by atoms with E-state index in [2.05, 4.69) is 43.6 Å². The molecule has 1 saturated carbocycles. The number of nitrogens with zero attached hydrogens (tertiary/aromatic N) is 3. The summed E-state index contributed by atoms with van der Waals surface area (Å²) in [6.45, 7) is 11.1. The number of hydrogen-bond acceptors (Lipinski definition) is 6. The van der Waals surface area contributed by atoms with Crippen LogP contribution in [0.5, 0.6) is 0 Å². The van der Waals surface area contributed by atoms with Gasteiger partial charge in [-0.3, -0.25) is 14.2 Å². The van der Waals surface area contributed by atoms with E-state index < -0.39 is 17.6 Å². The van der Waals surface area contributed by atoms with Crippen LogP contribution in [0, 0.1) is 12.8 Å². The van der Waals surface area contributed by atoms with E-state index in [4.69, 9.17) is 9.97 Å². The van der Waals surface area contributed by atoms with Crippen molar-refractivity contribution in [2.45, 2.75) is 90.0 Å². The number of nitrogens with one attached hydrogen (secondary N) is 3. The molecule has 1 aliphatic heterocycles. The maximum atomic E-state index is 15.3. The predicted molar refractivity (Wildman–Crippen MR) is 170 cm³/mol. The first kappa shape index (κ1) is 30.1. The van der Waals surface area contributed by atoms with Crippen molar-refractivity contribution in [1.29, 1.82) is 0 Å². The standard InChI is InChI=1S/C34H40F2N6O2/c1-19-9-12-21(31(44)37-18-20-10-11-20)15-24(19)28-23-13-14-27(43)42(29-25(35)7-6-8-26(29)36)30(23)40-32(39-28)38-22-16-33(2,3)41-34(4,5)17-22/h6-7,9,12-15,20,22,26,41H,8,10-11,16-18H2,1-5H3,(H,37,44)(H,38,39,40). The SMILES string of the molecule is Cc1ccc(C(=O)NCC2CC2)cc1-c1nc(NC2CC(C)(C)NC(C)(C)C2)nc2c1ccc(=O)n2C1=C(F)C=CCC1F. The molecular formula is C34H40F2N6O2. The number of aryl methyl sites for hydroxylation is 1. The monoisotopic (exact) mass is 602 g/mol. The van der Waals surface area contributed by atoms with Crippen LogP contribution in [0.1, 0.15) is 75.7 Å². The third-order valence-electron chi connectivity index (χ3n) is 8.67. The number of halogens is 2. The van der Waals surface area contributed by atoms with Gasteiger partial charge in [0.1, 0.15) is 12.0 Å². The summed E-state index contributed by atoms with van der Waals surface area (Å²) in [4.78, 5) is 36.1. The second-order valence-corrected chi connectivity index (χ2v) is 13.8. The predicted octanol–water partition coefficient (Wildman–Crippen LogP) is 6.06. The highest BCUT2D eigenvalue weighted by atomic mass is 19.1. The molecule has 3 heterocycles. The van der Waals surface area contributed by atoms with Gasteiger partial charge >= 0.3 is 0 Å². The lowest BCUT2D eigenvalue weighted by Gasteiger charge is -2.46. The number of fused-ring (bicyclic) bond motifs is 1. The maximum Gasteiger partial charge on any atom is 0.256 e. The van der Waals surface area contributed by atoms with Crippen LogP contribution in [0.3, 0.4) is 0 Å². The number of allylic oxidation sites excluding steroid dienone is 4. The first-order valence-electron chi connectivity index (χ1n) is 15.4. The number of aromatic nitrogens is 3. The Labute approximate surface area is 256 Å². The maximum absolute atomic E-state index is 15.3. The minimum Gasteiger partial charge on any atom is -0.352 e. The van der Waals surface area contributed by atoms with Gasteiger partial charge in [-0.05, 0) is 96.1 Å². The van der Waals surface area contributed by atoms with Gasteiger partial charge in [0.05, 0.1) is 11.4 Å². The zero-order valence-corrected chi connectivity index (χ0v) is 25.9. The molecule has 3 N–H and O–H groups in total. The molecule has 6 rings (SSSR count). The van der Waals surface area contributed by atoms with Crippen LogP contribution in [0.25, 0.3) is 28.0 Å². The first-order chi connectivity index (χ1) is 20.8. The number of amides is 1. The lowest BCUT2D eigenvalue weighted by molar-refractivity contribution is 0.0951. The average Bonchev–Trinajstić information content (AvgIpc) is 3.75. The van der Waals surface area contributed by atoms with Crippen LogP contribution in [0.2, 0.25) is 0 Å². The molecular weight excluding hydrogens is 562 g/mol. The van der Waals surface area contributed by atoms with Crippen molar-refractivity contribution >= 4 is 28.6 Å². The molecule has 44 heavy (non-hydrogen) atoms. The van der Waals surface area contributed by atoms with E-state index in [1.165, 1.54) is 18.2 Å². The van der Waals surface area contributed by atoms with Crippen molar-refractivity contribution in [3.05, 3.63) is 69.8 Å². The van der Waals surface area contributed by atoms with E-state index in [9.17, 15) is 9.59 Å². The fraction of sp³-hybridized carbons (Fsp3) is 0.471. The molecule has 0 bridgehead atoms. The lowest BCUT2D eigenvalue weighted by atomic mass is 9.80. The molecule has 2 fully saturated rings. The van der Waals surface area contributed by atoms with Gasteiger partial charge in [-0.15, -0.1) is 0 Å². The lowest BCUT2D eigenvalue weighted by Crippen LogP contribution is -2.60. The van der Waals surface area contributed by atoms with Gasteiger partial charge in [-0.25, -0.2) is 13.8 Å².